The number of methoxy groups -OCH3 is 2. The van der Waals surface area contributed by atoms with E-state index in [1.165, 1.54) is 172 Å². The van der Waals surface area contributed by atoms with E-state index in [0.717, 1.165) is 119 Å². The molecule has 4 heterocycles. The maximum atomic E-state index is 12.9. The Bertz CT molecular complexity index is 6200. The Labute approximate surface area is 839 Å². The van der Waals surface area contributed by atoms with Crippen LogP contribution in [0.4, 0.5) is 65.9 Å². The summed E-state index contributed by atoms with van der Waals surface area (Å²) in [7, 11) is 2.90. The number of esters is 2. The monoisotopic (exact) mass is 2100 g/mol. The third kappa shape index (κ3) is 36.7. The number of carboxylic acid groups (broad SMARTS) is 1. The molecule has 4 saturated heterocycles. The zero-order chi connectivity index (χ0) is 107. The van der Waals surface area contributed by atoms with E-state index in [1.54, 1.807) is 29.2 Å². The van der Waals surface area contributed by atoms with E-state index in [-0.39, 0.29) is 75.1 Å². The number of phenolic OH excluding ortho intramolecular Hbond substituents is 1. The second-order valence-corrected chi connectivity index (χ2v) is 32.1. The summed E-state index contributed by atoms with van der Waals surface area (Å²) in [5, 5.41) is 26.2. The fourth-order valence-corrected chi connectivity index (χ4v) is 13.6. The number of carboxylic acids is 1. The van der Waals surface area contributed by atoms with E-state index in [9.17, 15) is 109 Å². The van der Waals surface area contributed by atoms with Gasteiger partial charge >= 0.3 is 67.0 Å². The van der Waals surface area contributed by atoms with Crippen molar-refractivity contribution in [1.82, 2.24) is 29.8 Å². The van der Waals surface area contributed by atoms with Crippen molar-refractivity contribution < 1.29 is 157 Å². The molecule has 767 valence electrons. The Hall–Kier alpha value is -15.0. The standard InChI is InChI=1S/C28H26F3N3O3.C15H11F3O3.C14H8ClF3O2.C14H9F3O3.C14H19N3O.C8H8O3.C7H5BF3O2.C2Cl2O2/c29-28(30,31)22-7-4-8-25(17-22)37-24-11-9-21(10-12-24)27(36)34-18-23(19-34)32-13-15-33(16-14-32)26(35)20-5-2-1-3-6-20;1-20-14(19)10-5-7-12(8-6-10)21-13-4-2-3-11(9-13)15(16,17)18;15-13(19)9-4-6-11(7-5-9)20-12-3-1-2-10(8-12)14(16,17)18;15-14(16,17)10-2-1-3-12(8-10)20-11-6-4-9(5-7-11)13(18)19;18-14(12-4-2-1-3-5-12)17-8-6-16(7-9-17)13-10-15-11-13;1-11-8(10)6-2-4-7(9)5-3-6;9-7(10,11)5-2-1-3-6(4-5)13-8-12;3-1(5)2(4)6/h1-12,17,23H,13-16,18-19H2;2-9H,1H3;1-8H;1-8H,(H,18,19);1-5,13,15H,6-11H2;2-5,9H,1H3;1-4,12H;. The Balaban J connectivity index is 0.000000194. The van der Waals surface area contributed by atoms with E-state index >= 15 is 0 Å². The molecule has 0 spiro atoms. The first-order valence-electron chi connectivity index (χ1n) is 43.2. The molecule has 0 aromatic heterocycles. The van der Waals surface area contributed by atoms with Gasteiger partial charge in [-0.05, 0) is 271 Å². The number of likely N-dealkylation sites (tertiary alicyclic amines) is 1. The number of phenols is 1. The third-order valence-electron chi connectivity index (χ3n) is 21.1. The topological polar surface area (TPSA) is 307 Å². The molecule has 146 heavy (non-hydrogen) atoms. The summed E-state index contributed by atoms with van der Waals surface area (Å²) in [6.07, 6.45) is -22.1. The molecule has 0 aliphatic carbocycles. The second-order valence-electron chi connectivity index (χ2n) is 31.1. The minimum Gasteiger partial charge on any atom is -0.537 e. The maximum Gasteiger partial charge on any atom is 0.569 e. The average molecular weight is 2100 g/mol. The van der Waals surface area contributed by atoms with Crippen LogP contribution in [0.1, 0.15) is 100 Å². The van der Waals surface area contributed by atoms with Gasteiger partial charge in [-0.3, -0.25) is 38.6 Å². The Morgan fingerprint density at radius 1 is 0.315 bits per heavy atom. The molecule has 0 atom stereocenters. The van der Waals surface area contributed by atoms with Crippen molar-refractivity contribution in [3.8, 4) is 57.5 Å². The number of nitrogens with one attached hydrogen (secondary N) is 1. The number of benzene rings is 12. The molecule has 4 fully saturated rings. The predicted molar refractivity (Wildman–Crippen MR) is 506 cm³/mol. The van der Waals surface area contributed by atoms with E-state index in [0.29, 0.717) is 79.4 Å². The van der Waals surface area contributed by atoms with Crippen LogP contribution in [0.2, 0.25) is 0 Å². The number of ether oxygens (including phenoxy) is 6. The zero-order valence-electron chi connectivity index (χ0n) is 76.5. The molecule has 0 bridgehead atoms. The number of carbonyl (C=O) groups excluding carboxylic acids is 8. The van der Waals surface area contributed by atoms with E-state index < -0.39 is 92.3 Å². The maximum absolute atomic E-state index is 12.9. The van der Waals surface area contributed by atoms with Crippen LogP contribution >= 0.6 is 34.8 Å². The van der Waals surface area contributed by atoms with Crippen LogP contribution in [-0.2, 0) is 49.9 Å². The first-order chi connectivity index (χ1) is 69.2. The molecule has 16 rings (SSSR count). The lowest BCUT2D eigenvalue weighted by molar-refractivity contribution is -0.138. The predicted octanol–water partition coefficient (Wildman–Crippen LogP) is 21.9. The van der Waals surface area contributed by atoms with Crippen LogP contribution in [0, 0.1) is 0 Å². The Morgan fingerprint density at radius 3 is 0.856 bits per heavy atom. The number of halogens is 18. The highest BCUT2D eigenvalue weighted by Crippen LogP contribution is 2.39. The van der Waals surface area contributed by atoms with Gasteiger partial charge in [0.2, 0.25) is 0 Å². The number of alkyl halides is 15. The highest BCUT2D eigenvalue weighted by molar-refractivity contribution is 6.97. The van der Waals surface area contributed by atoms with Gasteiger partial charge in [0.25, 0.3) is 23.0 Å². The Morgan fingerprint density at radius 2 is 0.582 bits per heavy atom. The lowest BCUT2D eigenvalue weighted by atomic mass is 10.0. The normalized spacial score (nSPS) is 13.6. The minimum absolute atomic E-state index is 0.0305. The molecule has 4 N–H and O–H groups in total. The van der Waals surface area contributed by atoms with Crippen molar-refractivity contribution in [3.63, 3.8) is 0 Å². The molecular weight excluding hydrogens is 2020 g/mol. The smallest absolute Gasteiger partial charge is 0.537 e. The number of rotatable bonds is 20. The minimum atomic E-state index is -4.45. The summed E-state index contributed by atoms with van der Waals surface area (Å²) in [5.41, 5.74) is -0.873. The first kappa shape index (κ1) is 115. The first-order valence-corrected chi connectivity index (χ1v) is 44.4. The highest BCUT2D eigenvalue weighted by atomic mass is 35.5. The van der Waals surface area contributed by atoms with Crippen molar-refractivity contribution in [2.24, 2.45) is 0 Å². The number of hydrogen-bond donors (Lipinski definition) is 4. The Kier molecular flexibility index (Phi) is 42.4. The largest absolute Gasteiger partial charge is 0.569 e. The molecule has 4 aliphatic heterocycles. The van der Waals surface area contributed by atoms with Crippen LogP contribution < -0.4 is 28.9 Å². The number of hydrogen-bond acceptors (Lipinski definition) is 21. The summed E-state index contributed by atoms with van der Waals surface area (Å²) in [4.78, 5) is 111. The van der Waals surface area contributed by atoms with Gasteiger partial charge in [0.1, 0.15) is 57.5 Å². The van der Waals surface area contributed by atoms with Crippen LogP contribution in [0.3, 0.4) is 0 Å². The van der Waals surface area contributed by atoms with Gasteiger partial charge < -0.3 is 68.3 Å². The molecule has 1 radical (unpaired) electrons. The van der Waals surface area contributed by atoms with Crippen molar-refractivity contribution in [1.29, 1.82) is 0 Å². The summed E-state index contributed by atoms with van der Waals surface area (Å²) < 4.78 is 223. The van der Waals surface area contributed by atoms with Crippen LogP contribution in [0.15, 0.2) is 303 Å². The van der Waals surface area contributed by atoms with Crippen molar-refractivity contribution in [2.45, 2.75) is 43.0 Å². The number of aromatic hydroxyl groups is 1. The summed E-state index contributed by atoms with van der Waals surface area (Å²) in [6.45, 7) is 10.0. The molecule has 12 aromatic carbocycles. The molecule has 12 aromatic rings. The van der Waals surface area contributed by atoms with Gasteiger partial charge in [-0.15, -0.1) is 0 Å². The molecule has 44 heteroatoms. The van der Waals surface area contributed by atoms with Gasteiger partial charge in [-0.25, -0.2) is 14.4 Å². The lowest BCUT2D eigenvalue weighted by Gasteiger charge is -2.48. The highest BCUT2D eigenvalue weighted by Gasteiger charge is 2.39. The van der Waals surface area contributed by atoms with Gasteiger partial charge in [0.05, 0.1) is 58.7 Å². The molecule has 0 unspecified atom stereocenters. The summed E-state index contributed by atoms with van der Waals surface area (Å²) in [5.74, 6) is -0.319. The number of carbonyl (C=O) groups is 9. The van der Waals surface area contributed by atoms with Gasteiger partial charge in [-0.1, -0.05) is 66.7 Å². The van der Waals surface area contributed by atoms with Crippen LogP contribution in [-0.4, -0.2) is 204 Å². The number of nitrogens with zero attached hydrogens (tertiary/aromatic N) is 5. The molecule has 3 amide bonds. The third-order valence-corrected chi connectivity index (χ3v) is 21.8. The summed E-state index contributed by atoms with van der Waals surface area (Å²) in [6, 6.07) is 71.5. The quantitative estimate of drug-likeness (QED) is 0.0181. The van der Waals surface area contributed by atoms with Gasteiger partial charge in [-0.2, -0.15) is 65.9 Å². The average Bonchev–Trinajstić information content (AvgIpc) is 0.789. The van der Waals surface area contributed by atoms with Gasteiger partial charge in [0, 0.05) is 113 Å². The fraction of sp³-hybridized carbons (Fsp3) is 0.206. The van der Waals surface area contributed by atoms with Crippen molar-refractivity contribution in [3.05, 3.63) is 370 Å². The van der Waals surface area contributed by atoms with Crippen molar-refractivity contribution in [2.75, 3.05) is 92.8 Å². The molecule has 25 nitrogen and oxygen atoms in total. The van der Waals surface area contributed by atoms with Gasteiger partial charge in [0.15, 0.2) is 0 Å². The van der Waals surface area contributed by atoms with E-state index in [4.69, 9.17) is 45.8 Å². The SMILES string of the molecule is COC(=O)c1ccc(O)cc1.COC(=O)c1ccc(Oc2cccc(C(F)(F)F)c2)cc1.O=C(Cl)C(=O)Cl.O=C(Cl)c1ccc(Oc2cccc(C(F)(F)F)c2)cc1.O=C(O)c1ccc(Oc2cccc(C(F)(F)F)c2)cc1.O=C(c1ccccc1)N1CCN(C2CN(C(=O)c3ccc(Oc4cccc(C(F)(F)F)c4)cc3)C2)CC1.O=C(c1ccccc1)N1CCN(C2CNC2)CC1.O[B]Oc1cccc(C(F)(F)F)c1. The number of amides is 3. The fourth-order valence-electron chi connectivity index (χ4n) is 13.4. The second kappa shape index (κ2) is 54.1. The molecular formula is C102H86BCl3F15N6O19. The van der Waals surface area contributed by atoms with E-state index in [1.807, 2.05) is 70.5 Å². The van der Waals surface area contributed by atoms with Crippen LogP contribution in [0.25, 0.3) is 0 Å². The van der Waals surface area contributed by atoms with Crippen LogP contribution in [0.5, 0.6) is 57.5 Å². The molecule has 4 aliphatic rings. The zero-order valence-corrected chi connectivity index (χ0v) is 78.8. The molecule has 0 saturated carbocycles. The lowest BCUT2D eigenvalue weighted by Crippen LogP contribution is -2.64. The number of piperazine rings is 2. The summed E-state index contributed by atoms with van der Waals surface area (Å²) >= 11 is 14.3. The number of aromatic carboxylic acids is 1. The van der Waals surface area contributed by atoms with Crippen molar-refractivity contribution >= 4 is 93.8 Å². The van der Waals surface area contributed by atoms with E-state index in [2.05, 4.69) is 52.4 Å².